The van der Waals surface area contributed by atoms with E-state index >= 15 is 0 Å². The molecule has 3 nitrogen and oxygen atoms in total. The highest BCUT2D eigenvalue weighted by atomic mass is 15.3. The number of rotatable bonds is 2. The lowest BCUT2D eigenvalue weighted by atomic mass is 10.1. The van der Waals surface area contributed by atoms with Crippen LogP contribution in [0.1, 0.15) is 12.5 Å². The van der Waals surface area contributed by atoms with E-state index in [1.165, 1.54) is 0 Å². The van der Waals surface area contributed by atoms with Gasteiger partial charge in [-0.25, -0.2) is 9.53 Å². The first-order chi connectivity index (χ1) is 7.35. The van der Waals surface area contributed by atoms with Crippen molar-refractivity contribution >= 4 is 5.69 Å². The fraction of sp³-hybridized carbons (Fsp3) is 0.167. The van der Waals surface area contributed by atoms with Crippen molar-refractivity contribution in [2.75, 3.05) is 0 Å². The quantitative estimate of drug-likeness (QED) is 0.678. The van der Waals surface area contributed by atoms with Crippen LogP contribution >= 0.6 is 0 Å². The van der Waals surface area contributed by atoms with E-state index in [1.807, 2.05) is 30.5 Å². The topological polar surface area (TPSA) is 22.2 Å². The van der Waals surface area contributed by atoms with Crippen LogP contribution in [-0.4, -0.2) is 9.78 Å². The molecule has 1 aromatic heterocycles. The SMILES string of the molecule is [C-]#[N+]c1ccc(-n2cccn2)cc1CC. The zero-order valence-electron chi connectivity index (χ0n) is 8.51. The van der Waals surface area contributed by atoms with E-state index in [9.17, 15) is 0 Å². The summed E-state index contributed by atoms with van der Waals surface area (Å²) in [6, 6.07) is 7.66. The minimum atomic E-state index is 0.730. The van der Waals surface area contributed by atoms with E-state index in [0.29, 0.717) is 0 Å². The first-order valence-corrected chi connectivity index (χ1v) is 4.85. The van der Waals surface area contributed by atoms with Gasteiger partial charge in [0, 0.05) is 12.4 Å². The van der Waals surface area contributed by atoms with Crippen LogP contribution in [0.15, 0.2) is 36.7 Å². The molecule has 0 spiro atoms. The largest absolute Gasteiger partial charge is 0.241 e. The molecule has 0 aliphatic heterocycles. The second-order valence-corrected chi connectivity index (χ2v) is 3.23. The highest BCUT2D eigenvalue weighted by Gasteiger charge is 2.03. The molecule has 0 bridgehead atoms. The van der Waals surface area contributed by atoms with Gasteiger partial charge in [0.05, 0.1) is 12.3 Å². The van der Waals surface area contributed by atoms with Gasteiger partial charge in [0.15, 0.2) is 5.69 Å². The molecule has 0 aliphatic carbocycles. The summed E-state index contributed by atoms with van der Waals surface area (Å²) in [5.74, 6) is 0. The average molecular weight is 197 g/mol. The van der Waals surface area contributed by atoms with Crippen LogP contribution < -0.4 is 0 Å². The van der Waals surface area contributed by atoms with E-state index in [0.717, 1.165) is 23.4 Å². The zero-order valence-corrected chi connectivity index (χ0v) is 8.51. The summed E-state index contributed by atoms with van der Waals surface area (Å²) in [6.45, 7) is 9.09. The summed E-state index contributed by atoms with van der Waals surface area (Å²) in [5.41, 5.74) is 2.80. The van der Waals surface area contributed by atoms with Crippen LogP contribution in [0, 0.1) is 6.57 Å². The number of aromatic nitrogens is 2. The summed E-state index contributed by atoms with van der Waals surface area (Å²) < 4.78 is 1.80. The fourth-order valence-corrected chi connectivity index (χ4v) is 1.53. The molecular formula is C12H11N3. The normalized spacial score (nSPS) is 9.87. The Morgan fingerprint density at radius 1 is 1.47 bits per heavy atom. The van der Waals surface area contributed by atoms with E-state index in [2.05, 4.69) is 16.9 Å². The zero-order chi connectivity index (χ0) is 10.7. The maximum Gasteiger partial charge on any atom is 0.190 e. The van der Waals surface area contributed by atoms with Crippen molar-refractivity contribution in [1.82, 2.24) is 9.78 Å². The maximum atomic E-state index is 7.04. The highest BCUT2D eigenvalue weighted by Crippen LogP contribution is 2.22. The van der Waals surface area contributed by atoms with Crippen molar-refractivity contribution in [2.24, 2.45) is 0 Å². The summed E-state index contributed by atoms with van der Waals surface area (Å²) in [5, 5.41) is 4.16. The molecule has 0 N–H and O–H groups in total. The van der Waals surface area contributed by atoms with Gasteiger partial charge in [0.25, 0.3) is 0 Å². The molecule has 0 fully saturated rings. The van der Waals surface area contributed by atoms with Crippen LogP contribution in [-0.2, 0) is 6.42 Å². The Hall–Kier alpha value is -2.08. The number of hydrogen-bond acceptors (Lipinski definition) is 1. The van der Waals surface area contributed by atoms with Gasteiger partial charge in [0.2, 0.25) is 0 Å². The van der Waals surface area contributed by atoms with Gasteiger partial charge in [-0.2, -0.15) is 5.10 Å². The lowest BCUT2D eigenvalue weighted by Crippen LogP contribution is -1.95. The fourth-order valence-electron chi connectivity index (χ4n) is 1.53. The first-order valence-electron chi connectivity index (χ1n) is 4.85. The Labute approximate surface area is 88.8 Å². The molecule has 2 aromatic rings. The van der Waals surface area contributed by atoms with E-state index < -0.39 is 0 Å². The Balaban J connectivity index is 2.49. The molecule has 0 aliphatic rings. The molecular weight excluding hydrogens is 186 g/mol. The van der Waals surface area contributed by atoms with Gasteiger partial charge in [-0.05, 0) is 30.2 Å². The third-order valence-corrected chi connectivity index (χ3v) is 2.33. The molecule has 2 rings (SSSR count). The van der Waals surface area contributed by atoms with E-state index in [4.69, 9.17) is 6.57 Å². The molecule has 1 aromatic carbocycles. The lowest BCUT2D eigenvalue weighted by Gasteiger charge is -2.05. The minimum Gasteiger partial charge on any atom is -0.241 e. The molecule has 0 radical (unpaired) electrons. The van der Waals surface area contributed by atoms with Crippen LogP contribution in [0.25, 0.3) is 10.5 Å². The molecule has 0 atom stereocenters. The Kier molecular flexibility index (Phi) is 2.51. The van der Waals surface area contributed by atoms with Crippen molar-refractivity contribution in [3.63, 3.8) is 0 Å². The monoisotopic (exact) mass is 197 g/mol. The number of nitrogens with zero attached hydrogens (tertiary/aromatic N) is 3. The number of aryl methyl sites for hydroxylation is 1. The third kappa shape index (κ3) is 1.75. The summed E-state index contributed by atoms with van der Waals surface area (Å²) >= 11 is 0. The van der Waals surface area contributed by atoms with Gasteiger partial charge in [-0.3, -0.25) is 0 Å². The average Bonchev–Trinajstić information content (AvgIpc) is 2.81. The third-order valence-electron chi connectivity index (χ3n) is 2.33. The van der Waals surface area contributed by atoms with Gasteiger partial charge in [-0.15, -0.1) is 0 Å². The van der Waals surface area contributed by atoms with Gasteiger partial charge in [-0.1, -0.05) is 13.0 Å². The number of benzene rings is 1. The number of hydrogen-bond donors (Lipinski definition) is 0. The maximum absolute atomic E-state index is 7.04. The van der Waals surface area contributed by atoms with Crippen molar-refractivity contribution in [1.29, 1.82) is 0 Å². The summed E-state index contributed by atoms with van der Waals surface area (Å²) in [7, 11) is 0. The second kappa shape index (κ2) is 3.97. The van der Waals surface area contributed by atoms with Crippen LogP contribution in [0.5, 0.6) is 0 Å². The van der Waals surface area contributed by atoms with Gasteiger partial charge in [0.1, 0.15) is 0 Å². The van der Waals surface area contributed by atoms with Crippen molar-refractivity contribution in [2.45, 2.75) is 13.3 Å². The predicted octanol–water partition coefficient (Wildman–Crippen LogP) is 2.99. The predicted molar refractivity (Wildman–Crippen MR) is 59.2 cm³/mol. The van der Waals surface area contributed by atoms with Crippen molar-refractivity contribution < 1.29 is 0 Å². The minimum absolute atomic E-state index is 0.730. The Bertz CT molecular complexity index is 492. The Morgan fingerprint density at radius 2 is 2.33 bits per heavy atom. The first kappa shape index (κ1) is 9.47. The van der Waals surface area contributed by atoms with Crippen LogP contribution in [0.2, 0.25) is 0 Å². The van der Waals surface area contributed by atoms with Crippen molar-refractivity contribution in [3.05, 3.63) is 53.6 Å². The van der Waals surface area contributed by atoms with Crippen LogP contribution in [0.3, 0.4) is 0 Å². The molecule has 1 heterocycles. The lowest BCUT2D eigenvalue weighted by molar-refractivity contribution is 0.878. The summed E-state index contributed by atoms with van der Waals surface area (Å²) in [6.07, 6.45) is 4.51. The molecule has 3 heteroatoms. The Morgan fingerprint density at radius 3 is 2.93 bits per heavy atom. The molecule has 74 valence electrons. The molecule has 0 unspecified atom stereocenters. The van der Waals surface area contributed by atoms with Crippen molar-refractivity contribution in [3.8, 4) is 5.69 Å². The van der Waals surface area contributed by atoms with E-state index in [-0.39, 0.29) is 0 Å². The standard InChI is InChI=1S/C12H11N3/c1-3-10-9-11(5-6-12(10)13-2)15-8-4-7-14-15/h4-9H,3H2,1H3. The second-order valence-electron chi connectivity index (χ2n) is 3.23. The molecule has 0 saturated carbocycles. The molecule has 0 amide bonds. The van der Waals surface area contributed by atoms with Gasteiger partial charge < -0.3 is 0 Å². The summed E-state index contributed by atoms with van der Waals surface area (Å²) in [4.78, 5) is 3.48. The molecule has 15 heavy (non-hydrogen) atoms. The smallest absolute Gasteiger partial charge is 0.190 e. The van der Waals surface area contributed by atoms with Crippen LogP contribution in [0.4, 0.5) is 5.69 Å². The van der Waals surface area contributed by atoms with E-state index in [1.54, 1.807) is 10.9 Å². The highest BCUT2D eigenvalue weighted by molar-refractivity contribution is 5.56. The molecule has 0 saturated heterocycles. The van der Waals surface area contributed by atoms with Gasteiger partial charge >= 0.3 is 0 Å².